The Balaban J connectivity index is 3.10. The Labute approximate surface area is 83.4 Å². The van der Waals surface area contributed by atoms with E-state index in [1.54, 1.807) is 6.08 Å². The van der Waals surface area contributed by atoms with Gasteiger partial charge in [-0.2, -0.15) is 0 Å². The highest BCUT2D eigenvalue weighted by Crippen LogP contribution is 2.18. The molecule has 0 unspecified atom stereocenters. The van der Waals surface area contributed by atoms with Gasteiger partial charge in [0.05, 0.1) is 0 Å². The summed E-state index contributed by atoms with van der Waals surface area (Å²) in [6.45, 7) is 3.87. The van der Waals surface area contributed by atoms with Crippen molar-refractivity contribution >= 4 is 17.7 Å². The molecule has 14 heavy (non-hydrogen) atoms. The van der Waals surface area contributed by atoms with Crippen molar-refractivity contribution in [2.45, 2.75) is 13.8 Å². The number of aryl methyl sites for hydroxylation is 2. The van der Waals surface area contributed by atoms with E-state index in [0.29, 0.717) is 0 Å². The number of nitrogens with two attached hydrogens (primary N) is 2. The van der Waals surface area contributed by atoms with E-state index >= 15 is 0 Å². The lowest BCUT2D eigenvalue weighted by Gasteiger charge is -2.05. The van der Waals surface area contributed by atoms with Crippen LogP contribution in [0.3, 0.4) is 0 Å². The maximum atomic E-state index is 10.5. The van der Waals surface area contributed by atoms with Gasteiger partial charge in [-0.1, -0.05) is 0 Å². The summed E-state index contributed by atoms with van der Waals surface area (Å²) in [7, 11) is 0. The molecule has 0 fully saturated rings. The highest BCUT2D eigenvalue weighted by Gasteiger charge is 1.99. The largest absolute Gasteiger partial charge is 0.399 e. The Kier molecular flexibility index (Phi) is 2.92. The summed E-state index contributed by atoms with van der Waals surface area (Å²) in [5.74, 6) is -0.445. The molecule has 1 rings (SSSR count). The Morgan fingerprint density at radius 3 is 2.50 bits per heavy atom. The molecule has 0 saturated heterocycles. The van der Waals surface area contributed by atoms with E-state index in [1.807, 2.05) is 26.0 Å². The van der Waals surface area contributed by atoms with Crippen molar-refractivity contribution < 1.29 is 4.79 Å². The highest BCUT2D eigenvalue weighted by molar-refractivity contribution is 5.90. The Bertz CT molecular complexity index is 395. The first-order valence-electron chi connectivity index (χ1n) is 4.35. The number of nitrogen functional groups attached to an aromatic ring is 1. The molecule has 0 atom stereocenters. The zero-order valence-electron chi connectivity index (χ0n) is 8.37. The third kappa shape index (κ3) is 2.36. The summed E-state index contributed by atoms with van der Waals surface area (Å²) in [5, 5.41) is 0. The number of carbonyl (C=O) groups excluding carboxylic acids is 1. The molecule has 3 nitrogen and oxygen atoms in total. The molecule has 1 amide bonds. The maximum absolute atomic E-state index is 10.5. The number of hydrogen-bond acceptors (Lipinski definition) is 2. The fraction of sp³-hybridized carbons (Fsp3) is 0.182. The number of primary amides is 1. The molecule has 3 heteroatoms. The first kappa shape index (κ1) is 10.3. The molecule has 4 N–H and O–H groups in total. The fourth-order valence-electron chi connectivity index (χ4n) is 1.21. The third-order valence-electron chi connectivity index (χ3n) is 2.08. The first-order chi connectivity index (χ1) is 6.50. The molecule has 0 aliphatic carbocycles. The van der Waals surface area contributed by atoms with Crippen molar-refractivity contribution in [1.82, 2.24) is 0 Å². The van der Waals surface area contributed by atoms with Gasteiger partial charge < -0.3 is 11.5 Å². The summed E-state index contributed by atoms with van der Waals surface area (Å²) in [6.07, 6.45) is 3.04. The van der Waals surface area contributed by atoms with Crippen LogP contribution in [-0.4, -0.2) is 5.91 Å². The molecule has 0 saturated carbocycles. The third-order valence-corrected chi connectivity index (χ3v) is 2.08. The minimum atomic E-state index is -0.445. The van der Waals surface area contributed by atoms with Crippen LogP contribution < -0.4 is 11.5 Å². The molecule has 0 aliphatic rings. The fourth-order valence-corrected chi connectivity index (χ4v) is 1.21. The topological polar surface area (TPSA) is 69.1 Å². The minimum Gasteiger partial charge on any atom is -0.399 e. The van der Waals surface area contributed by atoms with Gasteiger partial charge in [0.1, 0.15) is 0 Å². The van der Waals surface area contributed by atoms with Crippen LogP contribution in [0, 0.1) is 13.8 Å². The van der Waals surface area contributed by atoms with E-state index in [4.69, 9.17) is 11.5 Å². The van der Waals surface area contributed by atoms with E-state index in [2.05, 4.69) is 0 Å². The predicted molar refractivity (Wildman–Crippen MR) is 58.6 cm³/mol. The molecular formula is C11H14N2O. The SMILES string of the molecule is Cc1cc(C=CC(N)=O)c(C)cc1N. The van der Waals surface area contributed by atoms with Crippen LogP contribution in [0.4, 0.5) is 5.69 Å². The molecule has 0 aromatic heterocycles. The van der Waals surface area contributed by atoms with E-state index in [9.17, 15) is 4.79 Å². The number of benzene rings is 1. The number of amides is 1. The highest BCUT2D eigenvalue weighted by atomic mass is 16.1. The Hall–Kier alpha value is -1.77. The number of carbonyl (C=O) groups is 1. The zero-order chi connectivity index (χ0) is 10.7. The molecule has 0 heterocycles. The normalized spacial score (nSPS) is 10.7. The minimum absolute atomic E-state index is 0.445. The lowest BCUT2D eigenvalue weighted by Crippen LogP contribution is -2.05. The lowest BCUT2D eigenvalue weighted by molar-refractivity contribution is -0.113. The van der Waals surface area contributed by atoms with Crippen molar-refractivity contribution in [3.8, 4) is 0 Å². The van der Waals surface area contributed by atoms with Gasteiger partial charge in [-0.25, -0.2) is 0 Å². The Morgan fingerprint density at radius 2 is 1.93 bits per heavy atom. The molecule has 0 spiro atoms. The van der Waals surface area contributed by atoms with Gasteiger partial charge >= 0.3 is 0 Å². The van der Waals surface area contributed by atoms with Crippen molar-refractivity contribution in [1.29, 1.82) is 0 Å². The standard InChI is InChI=1S/C11H14N2O/c1-7-6-10(12)8(2)5-9(7)3-4-11(13)14/h3-6H,12H2,1-2H3,(H2,13,14). The first-order valence-corrected chi connectivity index (χ1v) is 4.35. The van der Waals surface area contributed by atoms with Crippen LogP contribution in [0.2, 0.25) is 0 Å². The predicted octanol–water partition coefficient (Wildman–Crippen LogP) is 1.38. The smallest absolute Gasteiger partial charge is 0.241 e. The number of hydrogen-bond donors (Lipinski definition) is 2. The maximum Gasteiger partial charge on any atom is 0.241 e. The summed E-state index contributed by atoms with van der Waals surface area (Å²) >= 11 is 0. The summed E-state index contributed by atoms with van der Waals surface area (Å²) in [6, 6.07) is 3.82. The molecule has 1 aromatic carbocycles. The molecular weight excluding hydrogens is 176 g/mol. The van der Waals surface area contributed by atoms with E-state index < -0.39 is 5.91 Å². The van der Waals surface area contributed by atoms with Gasteiger partial charge in [0, 0.05) is 11.8 Å². The van der Waals surface area contributed by atoms with E-state index in [-0.39, 0.29) is 0 Å². The molecule has 0 aliphatic heterocycles. The summed E-state index contributed by atoms with van der Waals surface area (Å²) in [5.41, 5.74) is 14.5. The summed E-state index contributed by atoms with van der Waals surface area (Å²) < 4.78 is 0. The Morgan fingerprint density at radius 1 is 1.29 bits per heavy atom. The molecule has 0 radical (unpaired) electrons. The van der Waals surface area contributed by atoms with Crippen LogP contribution >= 0.6 is 0 Å². The van der Waals surface area contributed by atoms with Gasteiger partial charge in [0.15, 0.2) is 0 Å². The van der Waals surface area contributed by atoms with Crippen molar-refractivity contribution in [3.05, 3.63) is 34.9 Å². The molecule has 0 bridgehead atoms. The van der Waals surface area contributed by atoms with Crippen LogP contribution in [-0.2, 0) is 4.79 Å². The van der Waals surface area contributed by atoms with E-state index in [0.717, 1.165) is 22.4 Å². The van der Waals surface area contributed by atoms with Crippen LogP contribution in [0.1, 0.15) is 16.7 Å². The van der Waals surface area contributed by atoms with E-state index in [1.165, 1.54) is 6.08 Å². The second-order valence-corrected chi connectivity index (χ2v) is 3.30. The van der Waals surface area contributed by atoms with Crippen molar-refractivity contribution in [3.63, 3.8) is 0 Å². The zero-order valence-corrected chi connectivity index (χ0v) is 8.37. The van der Waals surface area contributed by atoms with Crippen LogP contribution in [0.5, 0.6) is 0 Å². The van der Waals surface area contributed by atoms with Crippen LogP contribution in [0.25, 0.3) is 6.08 Å². The molecule has 1 aromatic rings. The van der Waals surface area contributed by atoms with Gasteiger partial charge in [0.25, 0.3) is 0 Å². The monoisotopic (exact) mass is 190 g/mol. The van der Waals surface area contributed by atoms with Gasteiger partial charge in [-0.05, 0) is 48.7 Å². The van der Waals surface area contributed by atoms with Gasteiger partial charge in [-0.3, -0.25) is 4.79 Å². The quantitative estimate of drug-likeness (QED) is 0.546. The second-order valence-electron chi connectivity index (χ2n) is 3.30. The number of rotatable bonds is 2. The average Bonchev–Trinajstić information content (AvgIpc) is 2.09. The van der Waals surface area contributed by atoms with Crippen molar-refractivity contribution in [2.24, 2.45) is 5.73 Å². The van der Waals surface area contributed by atoms with Crippen LogP contribution in [0.15, 0.2) is 18.2 Å². The second kappa shape index (κ2) is 3.96. The number of anilines is 1. The van der Waals surface area contributed by atoms with Gasteiger partial charge in [-0.15, -0.1) is 0 Å². The van der Waals surface area contributed by atoms with Crippen molar-refractivity contribution in [2.75, 3.05) is 5.73 Å². The van der Waals surface area contributed by atoms with Gasteiger partial charge in [0.2, 0.25) is 5.91 Å². The summed E-state index contributed by atoms with van der Waals surface area (Å²) in [4.78, 5) is 10.5. The average molecular weight is 190 g/mol. The lowest BCUT2D eigenvalue weighted by atomic mass is 10.0. The molecule has 74 valence electrons.